The van der Waals surface area contributed by atoms with Crippen LogP contribution in [0.2, 0.25) is 0 Å². The summed E-state index contributed by atoms with van der Waals surface area (Å²) in [5.74, 6) is 1.17. The van der Waals surface area contributed by atoms with Gasteiger partial charge in [-0.05, 0) is 6.42 Å². The Morgan fingerprint density at radius 1 is 0.565 bits per heavy atom. The lowest BCUT2D eigenvalue weighted by molar-refractivity contribution is 0.538. The predicted molar refractivity (Wildman–Crippen MR) is 98.1 cm³/mol. The molecule has 0 radical (unpaired) electrons. The molecular weight excluding hydrogens is 286 g/mol. The summed E-state index contributed by atoms with van der Waals surface area (Å²) in [7, 11) is 0. The molecule has 0 fully saturated rings. The molecule has 0 aliphatic carbocycles. The third-order valence-corrected chi connectivity index (χ3v) is 4.22. The smallest absolute Gasteiger partial charge is 0.225 e. The molecule has 1 aromatic heterocycles. The number of hydrogen-bond acceptors (Lipinski definition) is 5. The van der Waals surface area contributed by atoms with Gasteiger partial charge < -0.3 is 11.5 Å². The van der Waals surface area contributed by atoms with Gasteiger partial charge in [0.1, 0.15) is 5.82 Å². The van der Waals surface area contributed by atoms with E-state index >= 15 is 0 Å². The van der Waals surface area contributed by atoms with E-state index in [9.17, 15) is 0 Å². The highest BCUT2D eigenvalue weighted by atomic mass is 15.1. The monoisotopic (exact) mass is 321 g/mol. The highest BCUT2D eigenvalue weighted by molar-refractivity contribution is 5.25. The molecule has 5 nitrogen and oxygen atoms in total. The summed E-state index contributed by atoms with van der Waals surface area (Å²) in [6.45, 7) is 2.27. The summed E-state index contributed by atoms with van der Waals surface area (Å²) in [6, 6.07) is 0. The average molecular weight is 322 g/mol. The van der Waals surface area contributed by atoms with Crippen molar-refractivity contribution in [3.8, 4) is 0 Å². The van der Waals surface area contributed by atoms with Gasteiger partial charge in [-0.15, -0.1) is 0 Å². The van der Waals surface area contributed by atoms with Crippen molar-refractivity contribution in [2.75, 3.05) is 11.5 Å². The first-order valence-electron chi connectivity index (χ1n) is 9.48. The van der Waals surface area contributed by atoms with Gasteiger partial charge in [0.25, 0.3) is 0 Å². The molecule has 0 saturated carbocycles. The van der Waals surface area contributed by atoms with Gasteiger partial charge in [0.05, 0.1) is 0 Å². The molecule has 0 spiro atoms. The lowest BCUT2D eigenvalue weighted by atomic mass is 10.0. The Morgan fingerprint density at radius 2 is 0.957 bits per heavy atom. The van der Waals surface area contributed by atoms with Gasteiger partial charge in [0.15, 0.2) is 0 Å². The second-order valence-corrected chi connectivity index (χ2v) is 6.46. The zero-order chi connectivity index (χ0) is 16.8. The summed E-state index contributed by atoms with van der Waals surface area (Å²) in [5, 5.41) is 0. The molecule has 5 heteroatoms. The molecule has 0 amide bonds. The lowest BCUT2D eigenvalue weighted by Crippen LogP contribution is -2.06. The number of nitrogens with zero attached hydrogens (tertiary/aromatic N) is 3. The minimum Gasteiger partial charge on any atom is -0.368 e. The number of rotatable bonds is 14. The van der Waals surface area contributed by atoms with E-state index in [4.69, 9.17) is 11.5 Å². The van der Waals surface area contributed by atoms with Crippen molar-refractivity contribution >= 4 is 11.9 Å². The Kier molecular flexibility index (Phi) is 11.2. The van der Waals surface area contributed by atoms with Gasteiger partial charge >= 0.3 is 0 Å². The standard InChI is InChI=1S/C18H35N5/c1-2-3-4-5-6-7-8-9-10-11-12-13-14-15-16-21-17(19)23-18(20)22-16/h2-15H2,1H3,(H4,19,20,21,22,23). The van der Waals surface area contributed by atoms with Gasteiger partial charge in [-0.3, -0.25) is 0 Å². The van der Waals surface area contributed by atoms with Crippen LogP contribution in [0.1, 0.15) is 96.2 Å². The molecule has 23 heavy (non-hydrogen) atoms. The third kappa shape index (κ3) is 10.9. The maximum absolute atomic E-state index is 5.56. The fraction of sp³-hybridized carbons (Fsp3) is 0.833. The number of hydrogen-bond donors (Lipinski definition) is 2. The van der Waals surface area contributed by atoms with Crippen molar-refractivity contribution in [2.45, 2.75) is 96.8 Å². The van der Waals surface area contributed by atoms with Crippen molar-refractivity contribution in [1.29, 1.82) is 0 Å². The van der Waals surface area contributed by atoms with Gasteiger partial charge in [0, 0.05) is 6.42 Å². The van der Waals surface area contributed by atoms with Gasteiger partial charge in [-0.2, -0.15) is 15.0 Å². The van der Waals surface area contributed by atoms with Crippen LogP contribution in [-0.2, 0) is 6.42 Å². The molecule has 0 aliphatic rings. The van der Waals surface area contributed by atoms with E-state index in [1.165, 1.54) is 77.0 Å². The number of aromatic nitrogens is 3. The first kappa shape index (κ1) is 19.7. The van der Waals surface area contributed by atoms with Crippen LogP contribution in [0, 0.1) is 0 Å². The SMILES string of the molecule is CCCCCCCCCCCCCCCc1nc(N)nc(N)n1. The van der Waals surface area contributed by atoms with E-state index in [0.29, 0.717) is 0 Å². The molecule has 1 rings (SSSR count). The Bertz CT molecular complexity index is 388. The summed E-state index contributed by atoms with van der Waals surface area (Å²) >= 11 is 0. The fourth-order valence-electron chi connectivity index (χ4n) is 2.87. The minimum absolute atomic E-state index is 0.224. The largest absolute Gasteiger partial charge is 0.368 e. The van der Waals surface area contributed by atoms with E-state index in [1.807, 2.05) is 0 Å². The highest BCUT2D eigenvalue weighted by Gasteiger charge is 2.01. The van der Waals surface area contributed by atoms with Crippen molar-refractivity contribution in [3.05, 3.63) is 5.82 Å². The molecule has 0 aliphatic heterocycles. The van der Waals surface area contributed by atoms with Gasteiger partial charge in [-0.1, -0.05) is 84.0 Å². The molecule has 132 valence electrons. The van der Waals surface area contributed by atoms with Crippen LogP contribution < -0.4 is 11.5 Å². The summed E-state index contributed by atoms with van der Waals surface area (Å²) in [5.41, 5.74) is 11.1. The average Bonchev–Trinajstić information content (AvgIpc) is 2.51. The normalized spacial score (nSPS) is 11.0. The summed E-state index contributed by atoms with van der Waals surface area (Å²) < 4.78 is 0. The Morgan fingerprint density at radius 3 is 1.39 bits per heavy atom. The first-order chi connectivity index (χ1) is 11.2. The van der Waals surface area contributed by atoms with Crippen LogP contribution in [0.25, 0.3) is 0 Å². The number of nitrogen functional groups attached to an aromatic ring is 2. The number of anilines is 2. The van der Waals surface area contributed by atoms with E-state index in [0.717, 1.165) is 18.7 Å². The minimum atomic E-state index is 0.224. The van der Waals surface area contributed by atoms with Gasteiger partial charge in [-0.25, -0.2) is 0 Å². The summed E-state index contributed by atoms with van der Waals surface area (Å²) in [6.07, 6.45) is 18.4. The molecule has 0 bridgehead atoms. The maximum atomic E-state index is 5.56. The lowest BCUT2D eigenvalue weighted by Gasteiger charge is -2.04. The Hall–Kier alpha value is -1.39. The third-order valence-electron chi connectivity index (χ3n) is 4.22. The quantitative estimate of drug-likeness (QED) is 0.486. The maximum Gasteiger partial charge on any atom is 0.225 e. The van der Waals surface area contributed by atoms with E-state index in [2.05, 4.69) is 21.9 Å². The van der Waals surface area contributed by atoms with Crippen LogP contribution in [0.5, 0.6) is 0 Å². The molecule has 1 heterocycles. The number of nitrogens with two attached hydrogens (primary N) is 2. The first-order valence-corrected chi connectivity index (χ1v) is 9.48. The second-order valence-electron chi connectivity index (χ2n) is 6.46. The van der Waals surface area contributed by atoms with E-state index in [-0.39, 0.29) is 11.9 Å². The van der Waals surface area contributed by atoms with E-state index in [1.54, 1.807) is 0 Å². The van der Waals surface area contributed by atoms with Crippen LogP contribution in [0.15, 0.2) is 0 Å². The van der Waals surface area contributed by atoms with Crippen LogP contribution in [0.4, 0.5) is 11.9 Å². The molecule has 4 N–H and O–H groups in total. The van der Waals surface area contributed by atoms with Crippen LogP contribution in [-0.4, -0.2) is 15.0 Å². The molecule has 0 aromatic carbocycles. The molecule has 0 atom stereocenters. The van der Waals surface area contributed by atoms with Gasteiger partial charge in [0.2, 0.25) is 11.9 Å². The summed E-state index contributed by atoms with van der Waals surface area (Å²) in [4.78, 5) is 12.0. The highest BCUT2D eigenvalue weighted by Crippen LogP contribution is 2.13. The molecular formula is C18H35N5. The second kappa shape index (κ2) is 13.1. The van der Waals surface area contributed by atoms with Crippen molar-refractivity contribution in [2.24, 2.45) is 0 Å². The fourth-order valence-corrected chi connectivity index (χ4v) is 2.87. The van der Waals surface area contributed by atoms with Crippen molar-refractivity contribution in [3.63, 3.8) is 0 Å². The zero-order valence-electron chi connectivity index (χ0n) is 14.9. The van der Waals surface area contributed by atoms with Crippen LogP contribution in [0.3, 0.4) is 0 Å². The van der Waals surface area contributed by atoms with Crippen molar-refractivity contribution in [1.82, 2.24) is 15.0 Å². The molecule has 0 saturated heterocycles. The zero-order valence-corrected chi connectivity index (χ0v) is 14.9. The topological polar surface area (TPSA) is 90.7 Å². The molecule has 0 unspecified atom stereocenters. The van der Waals surface area contributed by atoms with Crippen molar-refractivity contribution < 1.29 is 0 Å². The number of aryl methyl sites for hydroxylation is 1. The predicted octanol–water partition coefficient (Wildman–Crippen LogP) is 4.67. The van der Waals surface area contributed by atoms with E-state index < -0.39 is 0 Å². The Balaban J connectivity index is 1.86. The van der Waals surface area contributed by atoms with Crippen LogP contribution >= 0.6 is 0 Å². The Labute approximate surface area is 141 Å². The molecule has 1 aromatic rings. The number of unbranched alkanes of at least 4 members (excludes halogenated alkanes) is 12.